The summed E-state index contributed by atoms with van der Waals surface area (Å²) in [5.74, 6) is 3.45. The molecule has 0 saturated carbocycles. The van der Waals surface area contributed by atoms with Crippen molar-refractivity contribution in [1.29, 1.82) is 0 Å². The fraction of sp³-hybridized carbons (Fsp3) is 0.111. The van der Waals surface area contributed by atoms with E-state index in [1.165, 1.54) is 22.3 Å². The maximum Gasteiger partial charge on any atom is 0.148 e. The van der Waals surface area contributed by atoms with E-state index in [1.807, 2.05) is 0 Å². The summed E-state index contributed by atoms with van der Waals surface area (Å²) in [7, 11) is 0. The molecule has 7 aliphatic rings. The molecular formula is C36H26Br2O2. The first-order chi connectivity index (χ1) is 19.6. The summed E-state index contributed by atoms with van der Waals surface area (Å²) in [6.45, 7) is 0. The highest BCUT2D eigenvalue weighted by Gasteiger charge is 2.15. The first-order valence-corrected chi connectivity index (χ1v) is 15.1. The van der Waals surface area contributed by atoms with Gasteiger partial charge in [0.25, 0.3) is 0 Å². The zero-order valence-electron chi connectivity index (χ0n) is 21.8. The Morgan fingerprint density at radius 3 is 0.950 bits per heavy atom. The highest BCUT2D eigenvalue weighted by atomic mass is 79.9. The molecule has 9 heterocycles. The molecule has 0 aliphatic carbocycles. The Labute approximate surface area is 250 Å². The van der Waals surface area contributed by atoms with Crippen LogP contribution in [0.3, 0.4) is 0 Å². The van der Waals surface area contributed by atoms with E-state index in [0.29, 0.717) is 0 Å². The van der Waals surface area contributed by atoms with E-state index in [2.05, 4.69) is 141 Å². The van der Waals surface area contributed by atoms with E-state index < -0.39 is 0 Å². The molecule has 6 aromatic rings. The van der Waals surface area contributed by atoms with E-state index in [1.54, 1.807) is 0 Å². The van der Waals surface area contributed by atoms with Gasteiger partial charge in [-0.25, -0.2) is 0 Å². The molecule has 40 heavy (non-hydrogen) atoms. The van der Waals surface area contributed by atoms with Gasteiger partial charge in [-0.15, -0.1) is 0 Å². The topological polar surface area (TPSA) is 26.3 Å². The molecule has 4 heteroatoms. The normalized spacial score (nSPS) is 12.8. The van der Waals surface area contributed by atoms with E-state index in [4.69, 9.17) is 8.83 Å². The lowest BCUT2D eigenvalue weighted by atomic mass is 10.0. The van der Waals surface area contributed by atoms with Gasteiger partial charge in [-0.1, -0.05) is 97.1 Å². The smallest absolute Gasteiger partial charge is 0.148 e. The number of benzene rings is 4. The van der Waals surface area contributed by atoms with Gasteiger partial charge >= 0.3 is 0 Å². The highest BCUT2D eigenvalue weighted by molar-refractivity contribution is 9.11. The number of halogens is 2. The second-order valence-corrected chi connectivity index (χ2v) is 12.1. The summed E-state index contributed by atoms with van der Waals surface area (Å²) in [4.78, 5) is 0. The quantitative estimate of drug-likeness (QED) is 0.164. The standard InChI is InChI=1S/C36H26Br2O2/c37-31-21-33-27-13-5-23(6-14-27)1-2-24-7-15-28(16-8-24)34-22-32(38)36(40-34)30-19-11-26(12-20-30)4-3-25-9-17-29(18-10-25)35(31)39-33/h5-22H,1-4H2. The number of hydrogen-bond acceptors (Lipinski definition) is 2. The Balaban J connectivity index is 1.24. The van der Waals surface area contributed by atoms with Crippen molar-refractivity contribution in [3.05, 3.63) is 140 Å². The predicted molar refractivity (Wildman–Crippen MR) is 169 cm³/mol. The van der Waals surface area contributed by atoms with E-state index in [0.717, 1.165) is 79.9 Å². The lowest BCUT2D eigenvalue weighted by Gasteiger charge is -2.06. The molecule has 0 N–H and O–H groups in total. The second kappa shape index (κ2) is 10.8. The van der Waals surface area contributed by atoms with Crippen LogP contribution in [-0.4, -0.2) is 0 Å². The number of aryl methyl sites for hydroxylation is 4. The number of rotatable bonds is 0. The molecule has 0 spiro atoms. The Morgan fingerprint density at radius 2 is 0.650 bits per heavy atom. The summed E-state index contributed by atoms with van der Waals surface area (Å²) >= 11 is 7.44. The van der Waals surface area contributed by atoms with Gasteiger partial charge in [-0.2, -0.15) is 0 Å². The first-order valence-electron chi connectivity index (χ1n) is 13.5. The Hall–Kier alpha value is -3.60. The van der Waals surface area contributed by atoms with E-state index in [9.17, 15) is 0 Å². The maximum absolute atomic E-state index is 6.32. The largest absolute Gasteiger partial charge is 0.455 e. The van der Waals surface area contributed by atoms with Gasteiger partial charge in [0.2, 0.25) is 0 Å². The molecule has 0 radical (unpaired) electrons. The monoisotopic (exact) mass is 648 g/mol. The van der Waals surface area contributed by atoms with Gasteiger partial charge in [0.1, 0.15) is 23.0 Å². The summed E-state index contributed by atoms with van der Waals surface area (Å²) in [5.41, 5.74) is 9.51. The average molecular weight is 650 g/mol. The van der Waals surface area contributed by atoms with Crippen molar-refractivity contribution in [2.24, 2.45) is 0 Å². The molecule has 0 unspecified atom stereocenters. The van der Waals surface area contributed by atoms with E-state index in [-0.39, 0.29) is 0 Å². The molecule has 13 rings (SSSR count). The molecule has 2 aromatic heterocycles. The van der Waals surface area contributed by atoms with Crippen molar-refractivity contribution in [3.63, 3.8) is 0 Å². The molecule has 4 aromatic carbocycles. The molecular weight excluding hydrogens is 624 g/mol. The molecule has 196 valence electrons. The Bertz CT molecular complexity index is 1640. The van der Waals surface area contributed by atoms with Crippen LogP contribution < -0.4 is 0 Å². The van der Waals surface area contributed by atoms with Crippen LogP contribution in [0.1, 0.15) is 22.3 Å². The van der Waals surface area contributed by atoms with E-state index >= 15 is 0 Å². The maximum atomic E-state index is 6.32. The third-order valence-electron chi connectivity index (χ3n) is 7.69. The second-order valence-electron chi connectivity index (χ2n) is 10.4. The molecule has 0 saturated heterocycles. The Morgan fingerprint density at radius 1 is 0.375 bits per heavy atom. The summed E-state index contributed by atoms with van der Waals surface area (Å²) < 4.78 is 14.6. The van der Waals surface area contributed by atoms with Crippen molar-refractivity contribution < 1.29 is 8.83 Å². The minimum atomic E-state index is 0.860. The van der Waals surface area contributed by atoms with Crippen LogP contribution in [0.4, 0.5) is 0 Å². The minimum absolute atomic E-state index is 0.860. The van der Waals surface area contributed by atoms with Gasteiger partial charge in [-0.3, -0.25) is 0 Å². The lowest BCUT2D eigenvalue weighted by Crippen LogP contribution is -1.92. The number of hydrogen-bond donors (Lipinski definition) is 0. The molecule has 12 bridgehead atoms. The van der Waals surface area contributed by atoms with Crippen molar-refractivity contribution in [3.8, 4) is 45.3 Å². The van der Waals surface area contributed by atoms with Crippen LogP contribution >= 0.6 is 31.9 Å². The van der Waals surface area contributed by atoms with Gasteiger partial charge in [0.05, 0.1) is 8.95 Å². The van der Waals surface area contributed by atoms with Gasteiger partial charge in [0, 0.05) is 22.3 Å². The van der Waals surface area contributed by atoms with Crippen molar-refractivity contribution in [2.75, 3.05) is 0 Å². The fourth-order valence-electron chi connectivity index (χ4n) is 5.31. The van der Waals surface area contributed by atoms with Crippen molar-refractivity contribution >= 4 is 31.9 Å². The van der Waals surface area contributed by atoms with Crippen molar-refractivity contribution in [2.45, 2.75) is 25.7 Å². The molecule has 2 nitrogen and oxygen atoms in total. The number of furan rings is 2. The molecule has 7 aliphatic heterocycles. The molecule has 0 atom stereocenters. The first kappa shape index (κ1) is 25.4. The minimum Gasteiger partial charge on any atom is -0.455 e. The zero-order chi connectivity index (χ0) is 27.1. The molecule has 0 fully saturated rings. The van der Waals surface area contributed by atoms with Gasteiger partial charge in [0.15, 0.2) is 0 Å². The summed E-state index contributed by atoms with van der Waals surface area (Å²) in [5, 5.41) is 0. The van der Waals surface area contributed by atoms with Crippen LogP contribution in [0.5, 0.6) is 0 Å². The van der Waals surface area contributed by atoms with Crippen LogP contribution in [0.2, 0.25) is 0 Å². The predicted octanol–water partition coefficient (Wildman–Crippen LogP) is 10.9. The lowest BCUT2D eigenvalue weighted by molar-refractivity contribution is 0.595. The molecule has 0 amide bonds. The third kappa shape index (κ3) is 5.14. The SMILES string of the molecule is Brc1cc2oc1-c1ccc(cc1)CCc1ccc(cc1)-c1oc(cc1Br)-c1ccc(cc1)CCc1ccc-2cc1. The van der Waals surface area contributed by atoms with Crippen LogP contribution in [0.15, 0.2) is 127 Å². The van der Waals surface area contributed by atoms with Gasteiger partial charge in [-0.05, 0) is 91.9 Å². The summed E-state index contributed by atoms with van der Waals surface area (Å²) in [6.07, 6.45) is 3.90. The Kier molecular flexibility index (Phi) is 6.82. The van der Waals surface area contributed by atoms with Crippen LogP contribution in [0, 0.1) is 0 Å². The average Bonchev–Trinajstić information content (AvgIpc) is 3.58. The van der Waals surface area contributed by atoms with Crippen LogP contribution in [0.25, 0.3) is 45.3 Å². The van der Waals surface area contributed by atoms with Crippen molar-refractivity contribution in [1.82, 2.24) is 0 Å². The highest BCUT2D eigenvalue weighted by Crippen LogP contribution is 2.38. The summed E-state index contributed by atoms with van der Waals surface area (Å²) in [6, 6.07) is 38.9. The van der Waals surface area contributed by atoms with Crippen LogP contribution in [-0.2, 0) is 25.7 Å². The van der Waals surface area contributed by atoms with Gasteiger partial charge < -0.3 is 8.83 Å². The fourth-order valence-corrected chi connectivity index (χ4v) is 6.35. The third-order valence-corrected chi connectivity index (χ3v) is 8.87. The zero-order valence-corrected chi connectivity index (χ0v) is 25.0.